The number of methoxy groups -OCH3 is 1. The molecule has 0 atom stereocenters. The Morgan fingerprint density at radius 1 is 1.11 bits per heavy atom. The molecule has 27 heavy (non-hydrogen) atoms. The Morgan fingerprint density at radius 2 is 1.78 bits per heavy atom. The fourth-order valence-electron chi connectivity index (χ4n) is 3.54. The van der Waals surface area contributed by atoms with Crippen molar-refractivity contribution in [3.63, 3.8) is 0 Å². The van der Waals surface area contributed by atoms with Crippen LogP contribution in [0.2, 0.25) is 0 Å². The normalized spacial score (nSPS) is 19.3. The minimum Gasteiger partial charge on any atom is -0.469 e. The predicted octanol–water partition coefficient (Wildman–Crippen LogP) is 2.60. The SMILES string of the molecule is COC(=O)C1CCC(N(C)c2ccc(-c3ccc(C(=N)N)cc3)nn2)CC1. The smallest absolute Gasteiger partial charge is 0.308 e. The molecule has 7 nitrogen and oxygen atoms in total. The number of nitrogens with two attached hydrogens (primary N) is 1. The molecule has 1 heterocycles. The van der Waals surface area contributed by atoms with Gasteiger partial charge in [0.25, 0.3) is 0 Å². The van der Waals surface area contributed by atoms with Crippen LogP contribution in [0.1, 0.15) is 31.2 Å². The van der Waals surface area contributed by atoms with Crippen LogP contribution in [0.25, 0.3) is 11.3 Å². The molecule has 0 unspecified atom stereocenters. The predicted molar refractivity (Wildman–Crippen MR) is 105 cm³/mol. The molecule has 2 aromatic rings. The van der Waals surface area contributed by atoms with Crippen molar-refractivity contribution in [2.75, 3.05) is 19.1 Å². The largest absolute Gasteiger partial charge is 0.469 e. The Morgan fingerprint density at radius 3 is 2.30 bits per heavy atom. The standard InChI is InChI=1S/C20H25N5O2/c1-25(16-9-7-15(8-10-16)20(26)27-2)18-12-11-17(23-24-18)13-3-5-14(6-4-13)19(21)22/h3-6,11-12,15-16H,7-10H2,1-2H3,(H3,21,22). The van der Waals surface area contributed by atoms with E-state index in [2.05, 4.69) is 15.1 Å². The van der Waals surface area contributed by atoms with Crippen LogP contribution < -0.4 is 10.6 Å². The van der Waals surface area contributed by atoms with E-state index in [4.69, 9.17) is 15.9 Å². The molecule has 1 aliphatic carbocycles. The summed E-state index contributed by atoms with van der Waals surface area (Å²) in [6.07, 6.45) is 3.56. The summed E-state index contributed by atoms with van der Waals surface area (Å²) in [5.74, 6) is 0.786. The Hall–Kier alpha value is -2.96. The first-order valence-electron chi connectivity index (χ1n) is 9.09. The number of carbonyl (C=O) groups excluding carboxylic acids is 1. The van der Waals surface area contributed by atoms with Crippen molar-refractivity contribution in [3.8, 4) is 11.3 Å². The monoisotopic (exact) mass is 367 g/mol. The van der Waals surface area contributed by atoms with Crippen LogP contribution in [-0.4, -0.2) is 42.2 Å². The number of hydrogen-bond acceptors (Lipinski definition) is 6. The first-order chi connectivity index (χ1) is 13.0. The highest BCUT2D eigenvalue weighted by molar-refractivity contribution is 5.95. The summed E-state index contributed by atoms with van der Waals surface area (Å²) >= 11 is 0. The number of nitrogens with one attached hydrogen (secondary N) is 1. The van der Waals surface area contributed by atoms with Gasteiger partial charge in [0.1, 0.15) is 5.84 Å². The number of anilines is 1. The zero-order valence-corrected chi connectivity index (χ0v) is 15.7. The van der Waals surface area contributed by atoms with E-state index in [1.165, 1.54) is 7.11 Å². The maximum absolute atomic E-state index is 11.7. The Bertz CT molecular complexity index is 796. The summed E-state index contributed by atoms with van der Waals surface area (Å²) in [6.45, 7) is 0. The van der Waals surface area contributed by atoms with Gasteiger partial charge in [-0.2, -0.15) is 0 Å². The van der Waals surface area contributed by atoms with E-state index < -0.39 is 0 Å². The number of rotatable bonds is 5. The highest BCUT2D eigenvalue weighted by atomic mass is 16.5. The molecular weight excluding hydrogens is 342 g/mol. The highest BCUT2D eigenvalue weighted by Crippen LogP contribution is 2.30. The molecule has 0 aliphatic heterocycles. The summed E-state index contributed by atoms with van der Waals surface area (Å²) in [4.78, 5) is 13.8. The van der Waals surface area contributed by atoms with Gasteiger partial charge >= 0.3 is 5.97 Å². The highest BCUT2D eigenvalue weighted by Gasteiger charge is 2.29. The number of benzene rings is 1. The van der Waals surface area contributed by atoms with Gasteiger partial charge in [-0.05, 0) is 37.8 Å². The molecule has 0 radical (unpaired) electrons. The second kappa shape index (κ2) is 8.16. The molecule has 0 bridgehead atoms. The molecule has 1 aromatic heterocycles. The lowest BCUT2D eigenvalue weighted by atomic mass is 9.85. The molecule has 0 spiro atoms. The van der Waals surface area contributed by atoms with Crippen LogP contribution in [0.4, 0.5) is 5.82 Å². The fourth-order valence-corrected chi connectivity index (χ4v) is 3.54. The fraction of sp³-hybridized carbons (Fsp3) is 0.400. The molecule has 1 aromatic carbocycles. The zero-order valence-electron chi connectivity index (χ0n) is 15.7. The van der Waals surface area contributed by atoms with Gasteiger partial charge in [-0.1, -0.05) is 24.3 Å². The molecule has 1 aliphatic rings. The number of nitrogens with zero attached hydrogens (tertiary/aromatic N) is 3. The van der Waals surface area contributed by atoms with E-state index >= 15 is 0 Å². The van der Waals surface area contributed by atoms with Gasteiger partial charge in [0, 0.05) is 24.2 Å². The van der Waals surface area contributed by atoms with Gasteiger partial charge in [0.15, 0.2) is 5.82 Å². The van der Waals surface area contributed by atoms with Gasteiger partial charge in [0.05, 0.1) is 18.7 Å². The number of hydrogen-bond donors (Lipinski definition) is 2. The lowest BCUT2D eigenvalue weighted by molar-refractivity contribution is -0.146. The van der Waals surface area contributed by atoms with E-state index in [1.807, 2.05) is 31.3 Å². The summed E-state index contributed by atoms with van der Waals surface area (Å²) in [5, 5.41) is 16.2. The van der Waals surface area contributed by atoms with Gasteiger partial charge in [-0.25, -0.2) is 0 Å². The summed E-state index contributed by atoms with van der Waals surface area (Å²) in [5.41, 5.74) is 7.87. The van der Waals surface area contributed by atoms with Gasteiger partial charge in [-0.3, -0.25) is 10.2 Å². The number of nitrogen functional groups attached to an aromatic ring is 1. The van der Waals surface area contributed by atoms with Gasteiger partial charge in [-0.15, -0.1) is 10.2 Å². The Labute approximate surface area is 159 Å². The quantitative estimate of drug-likeness (QED) is 0.478. The number of aromatic nitrogens is 2. The van der Waals surface area contributed by atoms with Crippen molar-refractivity contribution in [1.82, 2.24) is 10.2 Å². The summed E-state index contributed by atoms with van der Waals surface area (Å²) < 4.78 is 4.85. The molecule has 7 heteroatoms. The maximum atomic E-state index is 11.7. The minimum atomic E-state index is -0.101. The lowest BCUT2D eigenvalue weighted by Crippen LogP contribution is -2.37. The van der Waals surface area contributed by atoms with Gasteiger partial charge < -0.3 is 15.4 Å². The number of amidine groups is 1. The maximum Gasteiger partial charge on any atom is 0.308 e. The van der Waals surface area contributed by atoms with E-state index in [0.717, 1.165) is 42.8 Å². The third-order valence-electron chi connectivity index (χ3n) is 5.28. The van der Waals surface area contributed by atoms with Crippen LogP contribution in [0.15, 0.2) is 36.4 Å². The van der Waals surface area contributed by atoms with Crippen molar-refractivity contribution in [1.29, 1.82) is 5.41 Å². The number of ether oxygens (including phenoxy) is 1. The van der Waals surface area contributed by atoms with E-state index in [9.17, 15) is 4.79 Å². The average Bonchev–Trinajstić information content (AvgIpc) is 2.73. The minimum absolute atomic E-state index is 0.0195. The van der Waals surface area contributed by atoms with Crippen molar-refractivity contribution >= 4 is 17.6 Å². The molecule has 1 saturated carbocycles. The summed E-state index contributed by atoms with van der Waals surface area (Å²) in [6, 6.07) is 11.6. The number of carbonyl (C=O) groups is 1. The number of esters is 1. The van der Waals surface area contributed by atoms with E-state index in [-0.39, 0.29) is 17.7 Å². The third-order valence-corrected chi connectivity index (χ3v) is 5.28. The summed E-state index contributed by atoms with van der Waals surface area (Å²) in [7, 11) is 3.47. The topological polar surface area (TPSA) is 105 Å². The molecule has 1 fully saturated rings. The van der Waals surface area contributed by atoms with Crippen LogP contribution in [0.5, 0.6) is 0 Å². The second-order valence-corrected chi connectivity index (χ2v) is 6.91. The molecule has 142 valence electrons. The van der Waals surface area contributed by atoms with E-state index in [0.29, 0.717) is 11.6 Å². The van der Waals surface area contributed by atoms with Crippen molar-refractivity contribution in [2.24, 2.45) is 11.7 Å². The molecule has 0 saturated heterocycles. The third kappa shape index (κ3) is 4.24. The molecule has 3 N–H and O–H groups in total. The average molecular weight is 367 g/mol. The van der Waals surface area contributed by atoms with Crippen LogP contribution in [0.3, 0.4) is 0 Å². The van der Waals surface area contributed by atoms with Crippen molar-refractivity contribution in [2.45, 2.75) is 31.7 Å². The Kier molecular flexibility index (Phi) is 5.69. The van der Waals surface area contributed by atoms with Crippen LogP contribution >= 0.6 is 0 Å². The first-order valence-corrected chi connectivity index (χ1v) is 9.09. The van der Waals surface area contributed by atoms with Gasteiger partial charge in [0.2, 0.25) is 0 Å². The second-order valence-electron chi connectivity index (χ2n) is 6.91. The Balaban J connectivity index is 1.65. The molecule has 0 amide bonds. The van der Waals surface area contributed by atoms with Crippen molar-refractivity contribution in [3.05, 3.63) is 42.0 Å². The van der Waals surface area contributed by atoms with Crippen LogP contribution in [0, 0.1) is 11.3 Å². The lowest BCUT2D eigenvalue weighted by Gasteiger charge is -2.34. The zero-order chi connectivity index (χ0) is 19.4. The van der Waals surface area contributed by atoms with Crippen molar-refractivity contribution < 1.29 is 9.53 Å². The molecular formula is C20H25N5O2. The van der Waals surface area contributed by atoms with E-state index in [1.54, 1.807) is 12.1 Å². The molecule has 3 rings (SSSR count). The van der Waals surface area contributed by atoms with Crippen LogP contribution in [-0.2, 0) is 9.53 Å². The first kappa shape index (κ1) is 18.8.